The fourth-order valence-corrected chi connectivity index (χ4v) is 3.09. The highest BCUT2D eigenvalue weighted by Gasteiger charge is 2.14. The van der Waals surface area contributed by atoms with Crippen molar-refractivity contribution < 1.29 is 8.42 Å². The number of sulfonamides is 1. The van der Waals surface area contributed by atoms with Gasteiger partial charge in [-0.2, -0.15) is 4.99 Å². The molecule has 1 aromatic carbocycles. The maximum atomic E-state index is 12.0. The number of hydrogen-bond donors (Lipinski definition) is 1. The second kappa shape index (κ2) is 5.36. The van der Waals surface area contributed by atoms with Gasteiger partial charge in [0.15, 0.2) is 5.13 Å². The van der Waals surface area contributed by atoms with E-state index in [0.717, 1.165) is 0 Å². The van der Waals surface area contributed by atoms with Gasteiger partial charge < -0.3 is 0 Å². The van der Waals surface area contributed by atoms with Gasteiger partial charge in [0.2, 0.25) is 0 Å². The molecule has 0 radical (unpaired) electrons. The summed E-state index contributed by atoms with van der Waals surface area (Å²) in [4.78, 5) is 7.74. The Hall–Kier alpha value is -1.60. The normalized spacial score (nSPS) is 10.7. The zero-order chi connectivity index (χ0) is 13.0. The Bertz CT molecular complexity index is 672. The lowest BCUT2D eigenvalue weighted by molar-refractivity contribution is 0.601. The molecule has 5 nitrogen and oxygen atoms in total. The molecule has 0 fully saturated rings. The van der Waals surface area contributed by atoms with E-state index in [0.29, 0.717) is 10.8 Å². The molecular weight excluding hydrogens is 290 g/mol. The highest BCUT2D eigenvalue weighted by atomic mass is 32.2. The third-order valence-corrected chi connectivity index (χ3v) is 4.24. The molecule has 2 rings (SSSR count). The van der Waals surface area contributed by atoms with Crippen LogP contribution in [-0.4, -0.2) is 18.6 Å². The first-order valence-electron chi connectivity index (χ1n) is 4.72. The maximum Gasteiger partial charge on any atom is 0.263 e. The van der Waals surface area contributed by atoms with Crippen molar-refractivity contribution in [2.75, 3.05) is 4.72 Å². The third-order valence-electron chi connectivity index (χ3n) is 1.98. The van der Waals surface area contributed by atoms with Gasteiger partial charge in [-0.1, -0.05) is 0 Å². The Kier molecular flexibility index (Phi) is 3.83. The van der Waals surface area contributed by atoms with Crippen LogP contribution in [-0.2, 0) is 10.0 Å². The van der Waals surface area contributed by atoms with E-state index in [9.17, 15) is 8.42 Å². The number of isothiocyanates is 1. The molecule has 0 saturated heterocycles. The van der Waals surface area contributed by atoms with Crippen molar-refractivity contribution in [2.45, 2.75) is 4.90 Å². The quantitative estimate of drug-likeness (QED) is 0.695. The van der Waals surface area contributed by atoms with Crippen LogP contribution in [0.15, 0.2) is 45.7 Å². The van der Waals surface area contributed by atoms with Gasteiger partial charge in [-0.25, -0.2) is 13.4 Å². The Morgan fingerprint density at radius 2 is 2.06 bits per heavy atom. The fourth-order valence-electron chi connectivity index (χ4n) is 1.20. The highest BCUT2D eigenvalue weighted by molar-refractivity contribution is 7.93. The standard InChI is InChI=1S/C10H7N3O2S3/c14-18(15,13-10-11-5-6-17-10)9-3-1-8(2-4-9)12-7-16/h1-6H,(H,11,13). The first-order valence-corrected chi connectivity index (χ1v) is 7.49. The van der Waals surface area contributed by atoms with Crippen LogP contribution in [0.3, 0.4) is 0 Å². The number of thiazole rings is 1. The maximum absolute atomic E-state index is 12.0. The molecule has 2 aromatic rings. The number of aromatic nitrogens is 1. The molecule has 0 unspecified atom stereocenters. The summed E-state index contributed by atoms with van der Waals surface area (Å²) >= 11 is 5.68. The van der Waals surface area contributed by atoms with E-state index in [2.05, 4.69) is 32.1 Å². The topological polar surface area (TPSA) is 71.4 Å². The van der Waals surface area contributed by atoms with E-state index in [1.165, 1.54) is 29.7 Å². The lowest BCUT2D eigenvalue weighted by atomic mass is 10.3. The third kappa shape index (κ3) is 2.99. The van der Waals surface area contributed by atoms with E-state index in [1.54, 1.807) is 17.5 Å². The molecule has 1 N–H and O–H groups in total. The van der Waals surface area contributed by atoms with Crippen molar-refractivity contribution in [3.05, 3.63) is 35.8 Å². The minimum absolute atomic E-state index is 0.140. The number of nitrogens with one attached hydrogen (secondary N) is 1. The molecule has 0 bridgehead atoms. The Morgan fingerprint density at radius 3 is 2.61 bits per heavy atom. The smallest absolute Gasteiger partial charge is 0.255 e. The summed E-state index contributed by atoms with van der Waals surface area (Å²) in [6.45, 7) is 0. The molecule has 1 aromatic heterocycles. The van der Waals surface area contributed by atoms with E-state index in [-0.39, 0.29) is 4.90 Å². The minimum Gasteiger partial charge on any atom is -0.255 e. The van der Waals surface area contributed by atoms with Gasteiger partial charge in [0.05, 0.1) is 15.7 Å². The van der Waals surface area contributed by atoms with Gasteiger partial charge in [-0.05, 0) is 36.5 Å². The Labute approximate surface area is 113 Å². The summed E-state index contributed by atoms with van der Waals surface area (Å²) in [5.41, 5.74) is 0.554. The molecule has 18 heavy (non-hydrogen) atoms. The van der Waals surface area contributed by atoms with Gasteiger partial charge in [0, 0.05) is 11.6 Å². The average molecular weight is 297 g/mol. The predicted molar refractivity (Wildman–Crippen MR) is 74.1 cm³/mol. The van der Waals surface area contributed by atoms with Crippen molar-refractivity contribution in [2.24, 2.45) is 4.99 Å². The summed E-state index contributed by atoms with van der Waals surface area (Å²) in [6.07, 6.45) is 1.53. The molecule has 1 heterocycles. The van der Waals surface area contributed by atoms with E-state index in [1.807, 2.05) is 0 Å². The van der Waals surface area contributed by atoms with Crippen LogP contribution in [0, 0.1) is 0 Å². The minimum atomic E-state index is -3.61. The molecule has 8 heteroatoms. The summed E-state index contributed by atoms with van der Waals surface area (Å²) < 4.78 is 26.3. The van der Waals surface area contributed by atoms with Crippen molar-refractivity contribution in [3.63, 3.8) is 0 Å². The first-order chi connectivity index (χ1) is 8.62. The average Bonchev–Trinajstić information content (AvgIpc) is 2.82. The van der Waals surface area contributed by atoms with Gasteiger partial charge >= 0.3 is 0 Å². The summed E-state index contributed by atoms with van der Waals surface area (Å²) in [5, 5.41) is 4.23. The van der Waals surface area contributed by atoms with Crippen LogP contribution in [0.1, 0.15) is 0 Å². The molecule has 92 valence electrons. The van der Waals surface area contributed by atoms with Crippen molar-refractivity contribution in [1.82, 2.24) is 4.98 Å². The molecule has 0 saturated carbocycles. The molecule has 0 aliphatic rings. The van der Waals surface area contributed by atoms with Gasteiger partial charge in [0.1, 0.15) is 0 Å². The van der Waals surface area contributed by atoms with E-state index >= 15 is 0 Å². The number of aliphatic imine (C=N–C) groups is 1. The van der Waals surface area contributed by atoms with Gasteiger partial charge in [-0.3, -0.25) is 4.72 Å². The largest absolute Gasteiger partial charge is 0.263 e. The number of rotatable bonds is 4. The number of thiocarbonyl (C=S) groups is 1. The van der Waals surface area contributed by atoms with Crippen molar-refractivity contribution >= 4 is 49.6 Å². The number of benzene rings is 1. The molecule has 0 spiro atoms. The number of anilines is 1. The Morgan fingerprint density at radius 1 is 1.33 bits per heavy atom. The SMILES string of the molecule is O=S(=O)(Nc1nccs1)c1ccc(N=C=S)cc1. The predicted octanol–water partition coefficient (Wildman–Crippen LogP) is 2.68. The summed E-state index contributed by atoms with van der Waals surface area (Å²) in [5.74, 6) is 0. The van der Waals surface area contributed by atoms with Gasteiger partial charge in [0.25, 0.3) is 10.0 Å². The zero-order valence-electron chi connectivity index (χ0n) is 8.90. The lowest BCUT2D eigenvalue weighted by Gasteiger charge is -2.04. The van der Waals surface area contributed by atoms with Crippen LogP contribution in [0.2, 0.25) is 0 Å². The van der Waals surface area contributed by atoms with Crippen LogP contribution in [0.5, 0.6) is 0 Å². The van der Waals surface area contributed by atoms with Crippen molar-refractivity contribution in [3.8, 4) is 0 Å². The first kappa shape index (κ1) is 12.8. The molecule has 0 aliphatic carbocycles. The molecule has 0 aliphatic heterocycles. The van der Waals surface area contributed by atoms with Crippen LogP contribution >= 0.6 is 23.6 Å². The van der Waals surface area contributed by atoms with Crippen LogP contribution in [0.25, 0.3) is 0 Å². The highest BCUT2D eigenvalue weighted by Crippen LogP contribution is 2.20. The number of hydrogen-bond acceptors (Lipinski definition) is 6. The zero-order valence-corrected chi connectivity index (χ0v) is 11.3. The fraction of sp³-hybridized carbons (Fsp3) is 0. The lowest BCUT2D eigenvalue weighted by Crippen LogP contribution is -2.12. The van der Waals surface area contributed by atoms with Crippen molar-refractivity contribution in [1.29, 1.82) is 0 Å². The molecular formula is C10H7N3O2S3. The second-order valence-electron chi connectivity index (χ2n) is 3.14. The summed E-state index contributed by atoms with van der Waals surface area (Å²) in [6, 6.07) is 5.99. The van der Waals surface area contributed by atoms with Gasteiger partial charge in [-0.15, -0.1) is 11.3 Å². The Balaban J connectivity index is 2.27. The van der Waals surface area contributed by atoms with E-state index < -0.39 is 10.0 Å². The number of nitrogens with zero attached hydrogens (tertiary/aromatic N) is 2. The van der Waals surface area contributed by atoms with Crippen LogP contribution in [0.4, 0.5) is 10.8 Å². The molecule has 0 atom stereocenters. The van der Waals surface area contributed by atoms with E-state index in [4.69, 9.17) is 0 Å². The van der Waals surface area contributed by atoms with Crippen LogP contribution < -0.4 is 4.72 Å². The monoisotopic (exact) mass is 297 g/mol. The summed E-state index contributed by atoms with van der Waals surface area (Å²) in [7, 11) is -3.61. The second-order valence-corrected chi connectivity index (χ2v) is 5.90. The molecule has 0 amide bonds.